The van der Waals surface area contributed by atoms with Crippen LogP contribution in [0.3, 0.4) is 0 Å². The van der Waals surface area contributed by atoms with Gasteiger partial charge >= 0.3 is 5.97 Å². The van der Waals surface area contributed by atoms with Crippen LogP contribution in [0.25, 0.3) is 0 Å². The van der Waals surface area contributed by atoms with Gasteiger partial charge in [-0.2, -0.15) is 0 Å². The summed E-state index contributed by atoms with van der Waals surface area (Å²) in [6.07, 6.45) is 2.75. The molecule has 4 saturated heterocycles. The van der Waals surface area contributed by atoms with Crippen molar-refractivity contribution in [3.63, 3.8) is 0 Å². The smallest absolute Gasteiger partial charge is 0.310 e. The lowest BCUT2D eigenvalue weighted by Gasteiger charge is -2.59. The minimum absolute atomic E-state index is 0.0311. The second-order valence-electron chi connectivity index (χ2n) is 8.87. The third kappa shape index (κ3) is 2.56. The highest BCUT2D eigenvalue weighted by molar-refractivity contribution is 5.71. The van der Waals surface area contributed by atoms with Crippen LogP contribution in [0.15, 0.2) is 0 Å². The Kier molecular flexibility index (Phi) is 4.19. The van der Waals surface area contributed by atoms with Gasteiger partial charge in [-0.15, -0.1) is 0 Å². The van der Waals surface area contributed by atoms with E-state index in [0.29, 0.717) is 11.8 Å². The third-order valence-electron chi connectivity index (χ3n) is 6.80. The van der Waals surface area contributed by atoms with E-state index < -0.39 is 24.0 Å². The van der Waals surface area contributed by atoms with Crippen LogP contribution < -0.4 is 0 Å². The van der Waals surface area contributed by atoms with Crippen LogP contribution in [0.1, 0.15) is 60.3 Å². The van der Waals surface area contributed by atoms with Crippen LogP contribution >= 0.6 is 0 Å². The number of ether oxygens (including phenoxy) is 3. The molecule has 0 aromatic heterocycles. The molecule has 1 saturated carbocycles. The molecule has 0 aromatic carbocycles. The Labute approximate surface area is 149 Å². The topological polar surface area (TPSA) is 63.2 Å². The maximum Gasteiger partial charge on any atom is 0.310 e. The van der Waals surface area contributed by atoms with Gasteiger partial charge in [0.05, 0.1) is 5.92 Å². The molecule has 8 atom stereocenters. The molecule has 0 N–H and O–H groups in total. The average Bonchev–Trinajstić information content (AvgIpc) is 2.78. The van der Waals surface area contributed by atoms with E-state index in [1.54, 1.807) is 0 Å². The van der Waals surface area contributed by atoms with Gasteiger partial charge in [0.15, 0.2) is 11.9 Å². The molecule has 5 aliphatic rings. The fraction of sp³-hybridized carbons (Fsp3) is 0.947. The highest BCUT2D eigenvalue weighted by Crippen LogP contribution is 2.60. The summed E-state index contributed by atoms with van der Waals surface area (Å²) in [4.78, 5) is 24.0. The van der Waals surface area contributed by atoms with Crippen LogP contribution in [0.2, 0.25) is 0 Å². The van der Waals surface area contributed by atoms with Crippen molar-refractivity contribution in [2.24, 2.45) is 29.6 Å². The summed E-state index contributed by atoms with van der Waals surface area (Å²) in [5, 5.41) is 0. The Hall–Kier alpha value is -0.690. The second-order valence-corrected chi connectivity index (χ2v) is 8.87. The summed E-state index contributed by atoms with van der Waals surface area (Å²) in [6, 6.07) is 0. The number of rotatable bonds is 2. The van der Waals surface area contributed by atoms with Gasteiger partial charge in [0.2, 0.25) is 12.1 Å². The van der Waals surface area contributed by atoms with Crippen molar-refractivity contribution in [3.8, 4) is 0 Å². The highest BCUT2D eigenvalue weighted by Gasteiger charge is 2.69. The van der Waals surface area contributed by atoms with Crippen molar-refractivity contribution < 1.29 is 28.8 Å². The van der Waals surface area contributed by atoms with Gasteiger partial charge in [0, 0.05) is 18.3 Å². The summed E-state index contributed by atoms with van der Waals surface area (Å²) >= 11 is 0. The first-order chi connectivity index (χ1) is 11.8. The number of fused-ring (bicyclic) bond motifs is 2. The van der Waals surface area contributed by atoms with Gasteiger partial charge in [-0.05, 0) is 38.0 Å². The fourth-order valence-electron chi connectivity index (χ4n) is 5.26. The number of carbonyl (C=O) groups excluding carboxylic acids is 1. The van der Waals surface area contributed by atoms with Crippen molar-refractivity contribution >= 4 is 5.97 Å². The monoisotopic (exact) mass is 354 g/mol. The van der Waals surface area contributed by atoms with Gasteiger partial charge in [-0.25, -0.2) is 9.78 Å². The molecule has 5 rings (SSSR count). The lowest BCUT2D eigenvalue weighted by molar-refractivity contribution is -0.576. The Morgan fingerprint density at radius 1 is 1.12 bits per heavy atom. The predicted molar refractivity (Wildman–Crippen MR) is 87.8 cm³/mol. The quantitative estimate of drug-likeness (QED) is 0.559. The van der Waals surface area contributed by atoms with E-state index in [9.17, 15) is 4.79 Å². The van der Waals surface area contributed by atoms with E-state index >= 15 is 0 Å². The minimum Gasteiger partial charge on any atom is -0.435 e. The third-order valence-corrected chi connectivity index (χ3v) is 6.80. The largest absolute Gasteiger partial charge is 0.435 e. The van der Waals surface area contributed by atoms with Gasteiger partial charge < -0.3 is 14.2 Å². The first kappa shape index (κ1) is 17.7. The zero-order chi connectivity index (χ0) is 18.0. The predicted octanol–water partition coefficient (Wildman–Crippen LogP) is 3.39. The van der Waals surface area contributed by atoms with Crippen molar-refractivity contribution in [1.29, 1.82) is 0 Å². The molecule has 1 aliphatic carbocycles. The molecule has 2 bridgehead atoms. The number of esters is 1. The Morgan fingerprint density at radius 2 is 1.88 bits per heavy atom. The van der Waals surface area contributed by atoms with Crippen LogP contribution in [0, 0.1) is 29.6 Å². The van der Waals surface area contributed by atoms with Crippen molar-refractivity contribution in [2.45, 2.75) is 84.3 Å². The molecule has 0 aromatic rings. The molecule has 6 heteroatoms. The standard InChI is InChI=1S/C19H30O6/c1-10(2)15(20)21-16-12(4)14-7-6-11(3)13-8-9-18(5)23-17(22-16)19(13,14)25-24-18/h10-14,16-17H,6-9H2,1-5H3/t11-,12-,13+,14?,16?,17-,18+,19?/m1/s1. The SMILES string of the molecule is CC(C)C(=O)OC1O[C@@H]2O[C@]3(C)CC[C@H]4[C@H](C)CCC([C@H]1C)C24OO3. The molecule has 142 valence electrons. The Bertz CT molecular complexity index is 550. The van der Waals surface area contributed by atoms with Crippen LogP contribution in [0.4, 0.5) is 0 Å². The van der Waals surface area contributed by atoms with Gasteiger partial charge in [-0.3, -0.25) is 4.79 Å². The molecular formula is C19H30O6. The maximum atomic E-state index is 12.1. The molecule has 4 aliphatic heterocycles. The number of carbonyl (C=O) groups is 1. The molecule has 1 spiro atoms. The van der Waals surface area contributed by atoms with Crippen LogP contribution in [-0.2, 0) is 28.8 Å². The van der Waals surface area contributed by atoms with Gasteiger partial charge in [0.1, 0.15) is 0 Å². The molecule has 4 heterocycles. The van der Waals surface area contributed by atoms with Crippen LogP contribution in [-0.4, -0.2) is 29.9 Å². The first-order valence-electron chi connectivity index (χ1n) is 9.67. The van der Waals surface area contributed by atoms with E-state index in [0.717, 1.165) is 25.7 Å². The van der Waals surface area contributed by atoms with E-state index in [4.69, 9.17) is 24.0 Å². The minimum atomic E-state index is -0.801. The van der Waals surface area contributed by atoms with Crippen molar-refractivity contribution in [2.75, 3.05) is 0 Å². The molecule has 5 fully saturated rings. The van der Waals surface area contributed by atoms with E-state index in [-0.39, 0.29) is 23.7 Å². The van der Waals surface area contributed by atoms with E-state index in [2.05, 4.69) is 13.8 Å². The molecule has 6 nitrogen and oxygen atoms in total. The normalized spacial score (nSPS) is 51.8. The number of hydrogen-bond donors (Lipinski definition) is 0. The lowest BCUT2D eigenvalue weighted by Crippen LogP contribution is -2.70. The summed E-state index contributed by atoms with van der Waals surface area (Å²) in [6.45, 7) is 9.93. The number of hydrogen-bond acceptors (Lipinski definition) is 6. The zero-order valence-corrected chi connectivity index (χ0v) is 15.8. The molecule has 0 amide bonds. The first-order valence-corrected chi connectivity index (χ1v) is 9.67. The summed E-state index contributed by atoms with van der Waals surface area (Å²) < 4.78 is 18.1. The van der Waals surface area contributed by atoms with Gasteiger partial charge in [0.25, 0.3) is 0 Å². The Morgan fingerprint density at radius 3 is 2.60 bits per heavy atom. The zero-order valence-electron chi connectivity index (χ0n) is 15.8. The van der Waals surface area contributed by atoms with Crippen molar-refractivity contribution in [1.82, 2.24) is 0 Å². The molecular weight excluding hydrogens is 324 g/mol. The van der Waals surface area contributed by atoms with E-state index in [1.165, 1.54) is 0 Å². The fourth-order valence-corrected chi connectivity index (χ4v) is 5.26. The van der Waals surface area contributed by atoms with Gasteiger partial charge in [-0.1, -0.05) is 27.7 Å². The average molecular weight is 354 g/mol. The molecule has 0 radical (unpaired) electrons. The highest BCUT2D eigenvalue weighted by atomic mass is 17.3. The summed E-state index contributed by atoms with van der Waals surface area (Å²) in [5.74, 6) is -0.166. The summed E-state index contributed by atoms with van der Waals surface area (Å²) in [5.41, 5.74) is -0.603. The lowest BCUT2D eigenvalue weighted by atomic mass is 9.58. The maximum absolute atomic E-state index is 12.1. The van der Waals surface area contributed by atoms with E-state index in [1.807, 2.05) is 20.8 Å². The second kappa shape index (κ2) is 5.91. The Balaban J connectivity index is 1.68. The van der Waals surface area contributed by atoms with Crippen molar-refractivity contribution in [3.05, 3.63) is 0 Å². The molecule has 25 heavy (non-hydrogen) atoms. The van der Waals surface area contributed by atoms with Crippen LogP contribution in [0.5, 0.6) is 0 Å². The molecule has 3 unspecified atom stereocenters. The summed E-state index contributed by atoms with van der Waals surface area (Å²) in [7, 11) is 0.